The normalized spacial score (nSPS) is 12.5. The van der Waals surface area contributed by atoms with E-state index in [1.165, 1.54) is 19.1 Å². The molecule has 0 fully saturated rings. The first-order valence-electron chi connectivity index (χ1n) is 7.88. The van der Waals surface area contributed by atoms with Crippen LogP contribution in [0.25, 0.3) is 0 Å². The number of ether oxygens (including phenoxy) is 2. The van der Waals surface area contributed by atoms with Crippen molar-refractivity contribution in [3.05, 3.63) is 39.1 Å². The molecule has 0 spiro atoms. The quantitative estimate of drug-likeness (QED) is 0.312. The molecule has 1 aromatic rings. The van der Waals surface area contributed by atoms with Crippen molar-refractivity contribution in [3.63, 3.8) is 0 Å². The molecule has 0 heterocycles. The fraction of sp³-hybridized carbons (Fsp3) is 0.389. The summed E-state index contributed by atoms with van der Waals surface area (Å²) in [5.74, 6) is -1.67. The van der Waals surface area contributed by atoms with E-state index in [-0.39, 0.29) is 44.8 Å². The standard InChI is InChI=1S/C18H21Cl2NO5/c1-9(2)25-17(23)12(11(5)22)8-21-14-7-6-13(19)15(16(14)20)18(24)26-10(3)4/h6-10,22H,1-5H3. The van der Waals surface area contributed by atoms with Crippen LogP contribution < -0.4 is 0 Å². The van der Waals surface area contributed by atoms with Crippen LogP contribution in [0.3, 0.4) is 0 Å². The van der Waals surface area contributed by atoms with Crippen molar-refractivity contribution in [1.82, 2.24) is 0 Å². The van der Waals surface area contributed by atoms with Crippen molar-refractivity contribution in [2.24, 2.45) is 4.99 Å². The number of aliphatic hydroxyl groups is 1. The van der Waals surface area contributed by atoms with Crippen molar-refractivity contribution < 1.29 is 24.2 Å². The molecule has 0 radical (unpaired) electrons. The molecule has 0 aromatic heterocycles. The molecule has 26 heavy (non-hydrogen) atoms. The summed E-state index contributed by atoms with van der Waals surface area (Å²) in [5.41, 5.74) is 0.0339. The summed E-state index contributed by atoms with van der Waals surface area (Å²) in [6.07, 6.45) is 0.410. The molecular weight excluding hydrogens is 381 g/mol. The highest BCUT2D eigenvalue weighted by Crippen LogP contribution is 2.34. The van der Waals surface area contributed by atoms with E-state index in [1.54, 1.807) is 27.7 Å². The Kier molecular flexibility index (Phi) is 8.11. The van der Waals surface area contributed by atoms with E-state index in [0.717, 1.165) is 6.21 Å². The van der Waals surface area contributed by atoms with Gasteiger partial charge in [-0.3, -0.25) is 4.99 Å². The summed E-state index contributed by atoms with van der Waals surface area (Å²) in [6, 6.07) is 2.92. The highest BCUT2D eigenvalue weighted by molar-refractivity contribution is 6.41. The van der Waals surface area contributed by atoms with Gasteiger partial charge in [0.15, 0.2) is 0 Å². The van der Waals surface area contributed by atoms with Crippen LogP contribution in [-0.4, -0.2) is 35.5 Å². The Bertz CT molecular complexity index is 750. The number of aliphatic hydroxyl groups excluding tert-OH is 1. The number of halogens is 2. The monoisotopic (exact) mass is 401 g/mol. The van der Waals surface area contributed by atoms with Crippen molar-refractivity contribution in [1.29, 1.82) is 0 Å². The fourth-order valence-corrected chi connectivity index (χ4v) is 2.38. The SMILES string of the molecule is CC(O)=C(C=Nc1ccc(Cl)c(C(=O)OC(C)C)c1Cl)C(=O)OC(C)C. The molecular formula is C18H21Cl2NO5. The van der Waals surface area contributed by atoms with Crippen molar-refractivity contribution in [3.8, 4) is 0 Å². The molecule has 0 aliphatic heterocycles. The number of allylic oxidation sites excluding steroid dienone is 1. The van der Waals surface area contributed by atoms with E-state index in [1.807, 2.05) is 0 Å². The van der Waals surface area contributed by atoms with Gasteiger partial charge in [-0.1, -0.05) is 23.2 Å². The Morgan fingerprint density at radius 1 is 1.12 bits per heavy atom. The average Bonchev–Trinajstić information content (AvgIpc) is 2.47. The largest absolute Gasteiger partial charge is 0.512 e. The first-order chi connectivity index (χ1) is 12.0. The molecule has 1 rings (SSSR count). The number of benzene rings is 1. The summed E-state index contributed by atoms with van der Waals surface area (Å²) in [7, 11) is 0. The van der Waals surface area contributed by atoms with Gasteiger partial charge >= 0.3 is 11.9 Å². The van der Waals surface area contributed by atoms with Crippen molar-refractivity contribution >= 4 is 47.0 Å². The van der Waals surface area contributed by atoms with Gasteiger partial charge in [-0.15, -0.1) is 0 Å². The number of esters is 2. The third-order valence-electron chi connectivity index (χ3n) is 2.90. The van der Waals surface area contributed by atoms with Crippen LogP contribution in [0.4, 0.5) is 5.69 Å². The predicted molar refractivity (Wildman–Crippen MR) is 102 cm³/mol. The number of hydrogen-bond acceptors (Lipinski definition) is 6. The maximum absolute atomic E-state index is 12.2. The van der Waals surface area contributed by atoms with Crippen LogP contribution in [0, 0.1) is 0 Å². The second-order valence-electron chi connectivity index (χ2n) is 5.92. The lowest BCUT2D eigenvalue weighted by atomic mass is 10.2. The van der Waals surface area contributed by atoms with Crippen molar-refractivity contribution in [2.75, 3.05) is 0 Å². The molecule has 0 aliphatic carbocycles. The van der Waals surface area contributed by atoms with Gasteiger partial charge in [-0.2, -0.15) is 0 Å². The molecule has 8 heteroatoms. The van der Waals surface area contributed by atoms with E-state index < -0.39 is 11.9 Å². The number of aliphatic imine (C=N–C) groups is 1. The minimum absolute atomic E-state index is 0.0207. The van der Waals surface area contributed by atoms with Gasteiger partial charge in [-0.25, -0.2) is 9.59 Å². The van der Waals surface area contributed by atoms with Gasteiger partial charge in [0.2, 0.25) is 0 Å². The van der Waals surface area contributed by atoms with Gasteiger partial charge in [0.1, 0.15) is 11.3 Å². The molecule has 0 amide bonds. The maximum atomic E-state index is 12.2. The van der Waals surface area contributed by atoms with Gasteiger partial charge < -0.3 is 14.6 Å². The molecule has 0 bridgehead atoms. The van der Waals surface area contributed by atoms with Crippen LogP contribution in [0.2, 0.25) is 10.0 Å². The van der Waals surface area contributed by atoms with E-state index >= 15 is 0 Å². The molecule has 0 saturated carbocycles. The second-order valence-corrected chi connectivity index (χ2v) is 6.71. The van der Waals surface area contributed by atoms with E-state index in [0.29, 0.717) is 0 Å². The number of carbonyl (C=O) groups excluding carboxylic acids is 2. The van der Waals surface area contributed by atoms with Crippen LogP contribution >= 0.6 is 23.2 Å². The number of rotatable bonds is 6. The smallest absolute Gasteiger partial charge is 0.343 e. The topological polar surface area (TPSA) is 85.2 Å². The zero-order valence-electron chi connectivity index (χ0n) is 15.2. The Morgan fingerprint density at radius 3 is 2.19 bits per heavy atom. The van der Waals surface area contributed by atoms with Crippen LogP contribution in [0.5, 0.6) is 0 Å². The minimum Gasteiger partial charge on any atom is -0.512 e. The van der Waals surface area contributed by atoms with E-state index in [2.05, 4.69) is 4.99 Å². The summed E-state index contributed by atoms with van der Waals surface area (Å²) < 4.78 is 10.2. The third-order valence-corrected chi connectivity index (χ3v) is 3.60. The Morgan fingerprint density at radius 2 is 1.69 bits per heavy atom. The van der Waals surface area contributed by atoms with E-state index in [9.17, 15) is 14.7 Å². The van der Waals surface area contributed by atoms with Gasteiger partial charge in [0.25, 0.3) is 0 Å². The zero-order valence-corrected chi connectivity index (χ0v) is 16.7. The molecule has 0 saturated heterocycles. The van der Waals surface area contributed by atoms with Crippen LogP contribution in [0.1, 0.15) is 45.0 Å². The molecule has 6 nitrogen and oxygen atoms in total. The summed E-state index contributed by atoms with van der Waals surface area (Å²) >= 11 is 12.3. The molecule has 1 N–H and O–H groups in total. The predicted octanol–water partition coefficient (Wildman–Crippen LogP) is 5.04. The number of carbonyl (C=O) groups is 2. The maximum Gasteiger partial charge on any atom is 0.343 e. The molecule has 0 atom stereocenters. The Hall–Kier alpha value is -2.05. The molecule has 142 valence electrons. The second kappa shape index (κ2) is 9.59. The highest BCUT2D eigenvalue weighted by atomic mass is 35.5. The summed E-state index contributed by atoms with van der Waals surface area (Å²) in [4.78, 5) is 28.2. The molecule has 1 aromatic carbocycles. The fourth-order valence-electron chi connectivity index (χ4n) is 1.81. The van der Waals surface area contributed by atoms with Crippen LogP contribution in [0.15, 0.2) is 28.5 Å². The van der Waals surface area contributed by atoms with Crippen molar-refractivity contribution in [2.45, 2.75) is 46.8 Å². The summed E-state index contributed by atoms with van der Waals surface area (Å²) in [5, 5.41) is 9.78. The molecule has 0 unspecified atom stereocenters. The van der Waals surface area contributed by atoms with E-state index in [4.69, 9.17) is 32.7 Å². The summed E-state index contributed by atoms with van der Waals surface area (Å²) in [6.45, 7) is 8.09. The number of hydrogen-bond donors (Lipinski definition) is 1. The lowest BCUT2D eigenvalue weighted by molar-refractivity contribution is -0.142. The Labute approximate surface area is 162 Å². The van der Waals surface area contributed by atoms with Gasteiger partial charge in [-0.05, 0) is 46.8 Å². The van der Waals surface area contributed by atoms with Crippen LogP contribution in [-0.2, 0) is 14.3 Å². The first-order valence-corrected chi connectivity index (χ1v) is 8.64. The highest BCUT2D eigenvalue weighted by Gasteiger charge is 2.20. The molecule has 0 aliphatic rings. The third kappa shape index (κ3) is 6.04. The van der Waals surface area contributed by atoms with Gasteiger partial charge in [0, 0.05) is 6.21 Å². The average molecular weight is 402 g/mol. The minimum atomic E-state index is -0.728. The lowest BCUT2D eigenvalue weighted by Gasteiger charge is -2.12. The first kappa shape index (κ1) is 22.0. The van der Waals surface area contributed by atoms with Gasteiger partial charge in [0.05, 0.1) is 33.5 Å². The Balaban J connectivity index is 3.24. The number of nitrogens with zero attached hydrogens (tertiary/aromatic N) is 1. The lowest BCUT2D eigenvalue weighted by Crippen LogP contribution is -2.15. The zero-order chi connectivity index (χ0) is 20.0.